The van der Waals surface area contributed by atoms with Crippen LogP contribution in [0, 0.1) is 0 Å². The van der Waals surface area contributed by atoms with Gasteiger partial charge in [-0.25, -0.2) is 5.48 Å². The summed E-state index contributed by atoms with van der Waals surface area (Å²) in [5.74, 6) is -0.850. The van der Waals surface area contributed by atoms with E-state index < -0.39 is 11.4 Å². The Morgan fingerprint density at radius 1 is 1.06 bits per heavy atom. The fraction of sp³-hybridized carbons (Fsp3) is 0.360. The van der Waals surface area contributed by atoms with Gasteiger partial charge in [0.25, 0.3) is 5.91 Å². The van der Waals surface area contributed by atoms with Crippen molar-refractivity contribution in [3.05, 3.63) is 77.4 Å². The van der Waals surface area contributed by atoms with Gasteiger partial charge in [0.15, 0.2) is 0 Å². The minimum atomic E-state index is -0.795. The van der Waals surface area contributed by atoms with Crippen LogP contribution in [0.1, 0.15) is 49.3 Å². The average Bonchev–Trinajstić information content (AvgIpc) is 3.29. The number of hydrogen-bond donors (Lipinski definition) is 3. The van der Waals surface area contributed by atoms with Gasteiger partial charge in [0, 0.05) is 18.5 Å². The maximum Gasteiger partial charge on any atom is 0.326 e. The Bertz CT molecular complexity index is 889. The Hall–Kier alpha value is -2.96. The Kier molecular flexibility index (Phi) is 7.98. The van der Waals surface area contributed by atoms with Crippen LogP contribution in [0.2, 0.25) is 0 Å². The van der Waals surface area contributed by atoms with Gasteiger partial charge in [-0.1, -0.05) is 67.4 Å². The Morgan fingerprint density at radius 2 is 1.74 bits per heavy atom. The summed E-state index contributed by atoms with van der Waals surface area (Å²) in [5, 5.41) is 12.1. The van der Waals surface area contributed by atoms with Gasteiger partial charge in [-0.05, 0) is 42.5 Å². The molecule has 0 bridgehead atoms. The van der Waals surface area contributed by atoms with Gasteiger partial charge in [0.05, 0.1) is 0 Å². The van der Waals surface area contributed by atoms with Gasteiger partial charge in [0.1, 0.15) is 12.1 Å². The molecule has 1 fully saturated rings. The molecular formula is C25H30N2O4. The third-order valence-electron chi connectivity index (χ3n) is 5.62. The number of carbonyl (C=O) groups excluding carboxylic acids is 2. The van der Waals surface area contributed by atoms with Crippen molar-refractivity contribution in [2.24, 2.45) is 0 Å². The second-order valence-electron chi connectivity index (χ2n) is 8.25. The third kappa shape index (κ3) is 6.77. The molecule has 3 rings (SSSR count). The summed E-state index contributed by atoms with van der Waals surface area (Å²) in [7, 11) is 0. The van der Waals surface area contributed by atoms with Crippen LogP contribution < -0.4 is 10.8 Å². The lowest BCUT2D eigenvalue weighted by Gasteiger charge is -2.32. The predicted molar refractivity (Wildman–Crippen MR) is 119 cm³/mol. The van der Waals surface area contributed by atoms with Crippen LogP contribution in [0.5, 0.6) is 0 Å². The Balaban J connectivity index is 1.64. The normalized spacial score (nSPS) is 16.2. The van der Waals surface area contributed by atoms with Crippen LogP contribution in [-0.2, 0) is 27.4 Å². The molecule has 31 heavy (non-hydrogen) atoms. The van der Waals surface area contributed by atoms with Gasteiger partial charge in [-0.2, -0.15) is 0 Å². The summed E-state index contributed by atoms with van der Waals surface area (Å²) in [5.41, 5.74) is 3.51. The van der Waals surface area contributed by atoms with Crippen molar-refractivity contribution in [3.63, 3.8) is 0 Å². The van der Waals surface area contributed by atoms with Gasteiger partial charge < -0.3 is 4.74 Å². The van der Waals surface area contributed by atoms with Gasteiger partial charge in [-0.15, -0.1) is 0 Å². The van der Waals surface area contributed by atoms with Crippen LogP contribution in [0.25, 0.3) is 6.08 Å². The number of ether oxygens (including phenoxy) is 1. The fourth-order valence-electron chi connectivity index (χ4n) is 3.95. The molecular weight excluding hydrogens is 392 g/mol. The zero-order chi connectivity index (χ0) is 22.1. The maximum atomic E-state index is 13.1. The topological polar surface area (TPSA) is 87.7 Å². The third-order valence-corrected chi connectivity index (χ3v) is 5.62. The molecule has 2 aromatic rings. The second-order valence-corrected chi connectivity index (χ2v) is 8.25. The SMILES string of the molecule is C[C@@](Cc1ccccc1)(NC1CCCC1)C(=O)OCc1ccc(C=CC(=O)NO)cc1. The molecule has 164 valence electrons. The summed E-state index contributed by atoms with van der Waals surface area (Å²) < 4.78 is 5.71. The molecule has 1 amide bonds. The van der Waals surface area contributed by atoms with Crippen LogP contribution in [-0.4, -0.2) is 28.7 Å². The molecule has 0 saturated heterocycles. The van der Waals surface area contributed by atoms with Gasteiger partial charge in [-0.3, -0.25) is 20.1 Å². The quantitative estimate of drug-likeness (QED) is 0.248. The van der Waals surface area contributed by atoms with Crippen molar-refractivity contribution in [1.29, 1.82) is 0 Å². The summed E-state index contributed by atoms with van der Waals surface area (Å²) in [6, 6.07) is 17.7. The monoisotopic (exact) mass is 422 g/mol. The number of rotatable bonds is 9. The van der Waals surface area contributed by atoms with Crippen LogP contribution >= 0.6 is 0 Å². The summed E-state index contributed by atoms with van der Waals surface area (Å²) in [6.45, 7) is 2.11. The summed E-state index contributed by atoms with van der Waals surface area (Å²) in [4.78, 5) is 24.2. The number of carbonyl (C=O) groups is 2. The molecule has 0 aliphatic heterocycles. The zero-order valence-corrected chi connectivity index (χ0v) is 17.8. The lowest BCUT2D eigenvalue weighted by atomic mass is 9.91. The molecule has 6 nitrogen and oxygen atoms in total. The number of benzene rings is 2. The molecule has 0 unspecified atom stereocenters. The van der Waals surface area contributed by atoms with E-state index in [1.54, 1.807) is 11.6 Å². The highest BCUT2D eigenvalue weighted by Crippen LogP contribution is 2.24. The highest BCUT2D eigenvalue weighted by Gasteiger charge is 2.37. The van der Waals surface area contributed by atoms with Crippen molar-refractivity contribution in [2.45, 2.75) is 57.2 Å². The molecule has 1 atom stereocenters. The van der Waals surface area contributed by atoms with E-state index in [2.05, 4.69) is 5.32 Å². The summed E-state index contributed by atoms with van der Waals surface area (Å²) in [6.07, 6.45) is 7.94. The van der Waals surface area contributed by atoms with E-state index in [0.29, 0.717) is 12.5 Å². The Morgan fingerprint density at radius 3 is 2.39 bits per heavy atom. The molecule has 1 saturated carbocycles. The van der Waals surface area contributed by atoms with E-state index in [1.165, 1.54) is 18.9 Å². The molecule has 2 aromatic carbocycles. The van der Waals surface area contributed by atoms with Crippen molar-refractivity contribution in [3.8, 4) is 0 Å². The number of amides is 1. The van der Waals surface area contributed by atoms with E-state index in [1.807, 2.05) is 61.5 Å². The second kappa shape index (κ2) is 10.9. The van der Waals surface area contributed by atoms with Crippen LogP contribution in [0.4, 0.5) is 0 Å². The largest absolute Gasteiger partial charge is 0.459 e. The average molecular weight is 423 g/mol. The van der Waals surface area contributed by atoms with Crippen molar-refractivity contribution in [2.75, 3.05) is 0 Å². The molecule has 3 N–H and O–H groups in total. The smallest absolute Gasteiger partial charge is 0.326 e. The van der Waals surface area contributed by atoms with Crippen molar-refractivity contribution >= 4 is 18.0 Å². The molecule has 0 aromatic heterocycles. The summed E-state index contributed by atoms with van der Waals surface area (Å²) >= 11 is 0. The molecule has 0 heterocycles. The molecule has 1 aliphatic rings. The zero-order valence-electron chi connectivity index (χ0n) is 17.8. The van der Waals surface area contributed by atoms with E-state index in [0.717, 1.165) is 29.5 Å². The first-order chi connectivity index (χ1) is 15.0. The maximum absolute atomic E-state index is 13.1. The molecule has 6 heteroatoms. The van der Waals surface area contributed by atoms with E-state index in [9.17, 15) is 9.59 Å². The molecule has 0 radical (unpaired) electrons. The first-order valence-corrected chi connectivity index (χ1v) is 10.7. The van der Waals surface area contributed by atoms with Crippen molar-refractivity contribution < 1.29 is 19.5 Å². The first-order valence-electron chi connectivity index (χ1n) is 10.7. The minimum Gasteiger partial charge on any atom is -0.459 e. The lowest BCUT2D eigenvalue weighted by Crippen LogP contribution is -2.55. The number of esters is 1. The van der Waals surface area contributed by atoms with E-state index >= 15 is 0 Å². The predicted octanol–water partition coefficient (Wildman–Crippen LogP) is 3.78. The number of hydrogen-bond acceptors (Lipinski definition) is 5. The molecule has 0 spiro atoms. The highest BCUT2D eigenvalue weighted by molar-refractivity contribution is 5.90. The van der Waals surface area contributed by atoms with Crippen LogP contribution in [0.3, 0.4) is 0 Å². The fourth-order valence-corrected chi connectivity index (χ4v) is 3.95. The van der Waals surface area contributed by atoms with E-state index in [4.69, 9.17) is 9.94 Å². The van der Waals surface area contributed by atoms with Gasteiger partial charge in [0.2, 0.25) is 0 Å². The lowest BCUT2D eigenvalue weighted by molar-refractivity contribution is -0.152. The highest BCUT2D eigenvalue weighted by atomic mass is 16.5. The Labute approximate surface area is 183 Å². The minimum absolute atomic E-state index is 0.177. The van der Waals surface area contributed by atoms with Crippen LogP contribution in [0.15, 0.2) is 60.7 Å². The number of hydroxylamine groups is 1. The van der Waals surface area contributed by atoms with Gasteiger partial charge >= 0.3 is 5.97 Å². The molecule has 1 aliphatic carbocycles. The van der Waals surface area contributed by atoms with E-state index in [-0.39, 0.29) is 12.6 Å². The van der Waals surface area contributed by atoms with Crippen molar-refractivity contribution in [1.82, 2.24) is 10.8 Å². The first kappa shape index (κ1) is 22.7. The number of nitrogens with one attached hydrogen (secondary N) is 2. The standard InChI is InChI=1S/C25H30N2O4/c1-25(26-22-9-5-6-10-22,17-20-7-3-2-4-8-20)24(29)31-18-21-13-11-19(12-14-21)15-16-23(28)27-30/h2-4,7-8,11-16,22,26,30H,5-6,9-10,17-18H2,1H3,(H,27,28)/t25-/m0/s1.